The monoisotopic (exact) mass is 323 g/mol. The summed E-state index contributed by atoms with van der Waals surface area (Å²) in [6.45, 7) is 0.187. The standard InChI is InChI=1S/C14H14FN3O3S/c15-11-2-1-3-12(8-11)18-14(19)17-9-10-4-6-13(7-5-10)22(16,20)21/h1-8H,9H2,(H2,16,20,21)(H2,17,18,19). The third-order valence-electron chi connectivity index (χ3n) is 2.79. The number of urea groups is 1. The molecule has 2 amide bonds. The Morgan fingerprint density at radius 3 is 2.41 bits per heavy atom. The summed E-state index contributed by atoms with van der Waals surface area (Å²) >= 11 is 0. The van der Waals surface area contributed by atoms with E-state index in [4.69, 9.17) is 5.14 Å². The molecule has 0 aliphatic carbocycles. The average molecular weight is 323 g/mol. The molecule has 0 heterocycles. The topological polar surface area (TPSA) is 101 Å². The van der Waals surface area contributed by atoms with Gasteiger partial charge in [-0.05, 0) is 35.9 Å². The lowest BCUT2D eigenvalue weighted by atomic mass is 10.2. The molecule has 0 radical (unpaired) electrons. The van der Waals surface area contributed by atoms with E-state index in [1.807, 2.05) is 0 Å². The van der Waals surface area contributed by atoms with Gasteiger partial charge in [0, 0.05) is 12.2 Å². The second kappa shape index (κ2) is 6.54. The highest BCUT2D eigenvalue weighted by Crippen LogP contribution is 2.10. The number of amides is 2. The summed E-state index contributed by atoms with van der Waals surface area (Å²) in [4.78, 5) is 11.7. The Morgan fingerprint density at radius 2 is 1.82 bits per heavy atom. The lowest BCUT2D eigenvalue weighted by molar-refractivity contribution is 0.251. The Kier molecular flexibility index (Phi) is 4.74. The number of hydrogen-bond acceptors (Lipinski definition) is 3. The molecule has 2 rings (SSSR count). The summed E-state index contributed by atoms with van der Waals surface area (Å²) in [5, 5.41) is 10.0. The Balaban J connectivity index is 1.91. The predicted octanol–water partition coefficient (Wildman–Crippen LogP) is 1.79. The molecule has 0 spiro atoms. The second-order valence-electron chi connectivity index (χ2n) is 4.51. The van der Waals surface area contributed by atoms with Crippen molar-refractivity contribution in [2.24, 2.45) is 5.14 Å². The van der Waals surface area contributed by atoms with E-state index in [9.17, 15) is 17.6 Å². The second-order valence-corrected chi connectivity index (χ2v) is 6.07. The van der Waals surface area contributed by atoms with E-state index in [0.29, 0.717) is 11.3 Å². The van der Waals surface area contributed by atoms with Crippen LogP contribution >= 0.6 is 0 Å². The zero-order chi connectivity index (χ0) is 16.2. The van der Waals surface area contributed by atoms with Crippen LogP contribution in [0.4, 0.5) is 14.9 Å². The number of nitrogens with two attached hydrogens (primary N) is 1. The molecule has 22 heavy (non-hydrogen) atoms. The zero-order valence-corrected chi connectivity index (χ0v) is 12.2. The number of rotatable bonds is 4. The molecular formula is C14H14FN3O3S. The van der Waals surface area contributed by atoms with Crippen LogP contribution in [0.5, 0.6) is 0 Å². The minimum absolute atomic E-state index is 0.000428. The number of nitrogens with one attached hydrogen (secondary N) is 2. The molecule has 6 nitrogen and oxygen atoms in total. The van der Waals surface area contributed by atoms with Gasteiger partial charge in [-0.25, -0.2) is 22.7 Å². The Hall–Kier alpha value is -2.45. The molecule has 8 heteroatoms. The fourth-order valence-electron chi connectivity index (χ4n) is 1.72. The van der Waals surface area contributed by atoms with Gasteiger partial charge in [0.25, 0.3) is 0 Å². The van der Waals surface area contributed by atoms with Crippen LogP contribution in [-0.4, -0.2) is 14.4 Å². The zero-order valence-electron chi connectivity index (χ0n) is 11.4. The first kappa shape index (κ1) is 15.9. The minimum Gasteiger partial charge on any atom is -0.334 e. The summed E-state index contributed by atoms with van der Waals surface area (Å²) in [5.41, 5.74) is 1.03. The van der Waals surface area contributed by atoms with Gasteiger partial charge in [0.05, 0.1) is 4.90 Å². The van der Waals surface area contributed by atoms with Crippen LogP contribution in [0.1, 0.15) is 5.56 Å². The van der Waals surface area contributed by atoms with Crippen LogP contribution in [0.15, 0.2) is 53.4 Å². The van der Waals surface area contributed by atoms with Crippen molar-refractivity contribution in [3.05, 3.63) is 59.9 Å². The Bertz CT molecular complexity index is 776. The number of carbonyl (C=O) groups excluding carboxylic acids is 1. The first-order valence-electron chi connectivity index (χ1n) is 6.27. The van der Waals surface area contributed by atoms with Crippen molar-refractivity contribution in [1.82, 2.24) is 5.32 Å². The fraction of sp³-hybridized carbons (Fsp3) is 0.0714. The van der Waals surface area contributed by atoms with E-state index in [1.54, 1.807) is 18.2 Å². The molecule has 2 aromatic carbocycles. The largest absolute Gasteiger partial charge is 0.334 e. The van der Waals surface area contributed by atoms with Crippen LogP contribution in [0.3, 0.4) is 0 Å². The maximum absolute atomic E-state index is 13.0. The quantitative estimate of drug-likeness (QED) is 0.799. The number of primary sulfonamides is 1. The third kappa shape index (κ3) is 4.54. The average Bonchev–Trinajstić information content (AvgIpc) is 2.45. The molecule has 0 unspecified atom stereocenters. The molecule has 0 aliphatic heterocycles. The van der Waals surface area contributed by atoms with Gasteiger partial charge in [-0.1, -0.05) is 18.2 Å². The molecule has 0 saturated heterocycles. The van der Waals surface area contributed by atoms with E-state index in [0.717, 1.165) is 0 Å². The van der Waals surface area contributed by atoms with Crippen molar-refractivity contribution in [3.8, 4) is 0 Å². The third-order valence-corrected chi connectivity index (χ3v) is 3.72. The molecule has 0 fully saturated rings. The van der Waals surface area contributed by atoms with Crippen molar-refractivity contribution in [1.29, 1.82) is 0 Å². The SMILES string of the molecule is NS(=O)(=O)c1ccc(CNC(=O)Nc2cccc(F)c2)cc1. The van der Waals surface area contributed by atoms with E-state index in [1.165, 1.54) is 30.3 Å². The molecule has 4 N–H and O–H groups in total. The number of carbonyl (C=O) groups is 1. The van der Waals surface area contributed by atoms with Crippen molar-refractivity contribution in [2.45, 2.75) is 11.4 Å². The predicted molar refractivity (Wildman–Crippen MR) is 80.1 cm³/mol. The van der Waals surface area contributed by atoms with Crippen molar-refractivity contribution < 1.29 is 17.6 Å². The molecule has 0 bridgehead atoms. The van der Waals surface area contributed by atoms with E-state index >= 15 is 0 Å². The lowest BCUT2D eigenvalue weighted by Crippen LogP contribution is -2.28. The van der Waals surface area contributed by atoms with Crippen LogP contribution in [0.25, 0.3) is 0 Å². The maximum Gasteiger partial charge on any atom is 0.319 e. The van der Waals surface area contributed by atoms with Gasteiger partial charge in [-0.3, -0.25) is 0 Å². The molecule has 116 valence electrons. The fourth-order valence-corrected chi connectivity index (χ4v) is 2.24. The van der Waals surface area contributed by atoms with Crippen LogP contribution < -0.4 is 15.8 Å². The van der Waals surface area contributed by atoms with Crippen molar-refractivity contribution >= 4 is 21.7 Å². The van der Waals surface area contributed by atoms with Gasteiger partial charge in [0.2, 0.25) is 10.0 Å². The Labute approximate surface area is 127 Å². The molecular weight excluding hydrogens is 309 g/mol. The summed E-state index contributed by atoms with van der Waals surface area (Å²) in [6.07, 6.45) is 0. The van der Waals surface area contributed by atoms with Crippen LogP contribution in [-0.2, 0) is 16.6 Å². The highest BCUT2D eigenvalue weighted by molar-refractivity contribution is 7.89. The minimum atomic E-state index is -3.73. The highest BCUT2D eigenvalue weighted by Gasteiger charge is 2.07. The van der Waals surface area contributed by atoms with Gasteiger partial charge >= 0.3 is 6.03 Å². The van der Waals surface area contributed by atoms with Gasteiger partial charge < -0.3 is 10.6 Å². The summed E-state index contributed by atoms with van der Waals surface area (Å²) in [5.74, 6) is -0.448. The summed E-state index contributed by atoms with van der Waals surface area (Å²) < 4.78 is 35.2. The number of hydrogen-bond donors (Lipinski definition) is 3. The number of anilines is 1. The van der Waals surface area contributed by atoms with Crippen LogP contribution in [0, 0.1) is 5.82 Å². The molecule has 0 atom stereocenters. The first-order valence-corrected chi connectivity index (χ1v) is 7.81. The van der Waals surface area contributed by atoms with Gasteiger partial charge in [-0.2, -0.15) is 0 Å². The normalized spacial score (nSPS) is 11.0. The van der Waals surface area contributed by atoms with E-state index in [2.05, 4.69) is 10.6 Å². The maximum atomic E-state index is 13.0. The number of halogens is 1. The van der Waals surface area contributed by atoms with Gasteiger partial charge in [-0.15, -0.1) is 0 Å². The van der Waals surface area contributed by atoms with Crippen molar-refractivity contribution in [3.63, 3.8) is 0 Å². The van der Waals surface area contributed by atoms with Crippen LogP contribution in [0.2, 0.25) is 0 Å². The van der Waals surface area contributed by atoms with Gasteiger partial charge in [0.1, 0.15) is 5.82 Å². The summed E-state index contributed by atoms with van der Waals surface area (Å²) in [6, 6.07) is 10.8. The van der Waals surface area contributed by atoms with Crippen molar-refractivity contribution in [2.75, 3.05) is 5.32 Å². The van der Waals surface area contributed by atoms with Gasteiger partial charge in [0.15, 0.2) is 0 Å². The molecule has 0 aromatic heterocycles. The lowest BCUT2D eigenvalue weighted by Gasteiger charge is -2.08. The molecule has 0 aliphatic rings. The molecule has 0 saturated carbocycles. The Morgan fingerprint density at radius 1 is 1.14 bits per heavy atom. The smallest absolute Gasteiger partial charge is 0.319 e. The number of sulfonamides is 1. The number of benzene rings is 2. The summed E-state index contributed by atoms with van der Waals surface area (Å²) in [7, 11) is -3.73. The molecule has 2 aromatic rings. The van der Waals surface area contributed by atoms with E-state index < -0.39 is 21.9 Å². The highest BCUT2D eigenvalue weighted by atomic mass is 32.2. The van der Waals surface area contributed by atoms with E-state index in [-0.39, 0.29) is 11.4 Å². The first-order chi connectivity index (χ1) is 10.3.